The van der Waals surface area contributed by atoms with Crippen LogP contribution in [0.15, 0.2) is 0 Å². The number of carbonyl (C=O) groups excluding carboxylic acids is 1. The molecule has 0 amide bonds. The molecule has 190 valence electrons. The first-order chi connectivity index (χ1) is 15.5. The van der Waals surface area contributed by atoms with E-state index in [-0.39, 0.29) is 34.7 Å². The van der Waals surface area contributed by atoms with E-state index in [1.807, 2.05) is 0 Å². The summed E-state index contributed by atoms with van der Waals surface area (Å²) in [5.41, 5.74) is 0.185. The van der Waals surface area contributed by atoms with E-state index < -0.39 is 12.2 Å². The van der Waals surface area contributed by atoms with Crippen molar-refractivity contribution < 1.29 is 20.1 Å². The van der Waals surface area contributed by atoms with Crippen LogP contribution < -0.4 is 0 Å². The van der Waals surface area contributed by atoms with E-state index in [1.165, 1.54) is 6.42 Å². The molecule has 4 aliphatic carbocycles. The van der Waals surface area contributed by atoms with E-state index in [0.717, 1.165) is 38.5 Å². The Bertz CT molecular complexity index is 720. The number of hydrogen-bond donors (Lipinski definition) is 3. The van der Waals surface area contributed by atoms with Crippen LogP contribution in [0.5, 0.6) is 0 Å². The molecule has 0 aromatic carbocycles. The lowest BCUT2D eigenvalue weighted by Crippen LogP contribution is -2.57. The fourth-order valence-electron chi connectivity index (χ4n) is 9.83. The van der Waals surface area contributed by atoms with E-state index >= 15 is 0 Å². The third-order valence-corrected chi connectivity index (χ3v) is 11.8. The number of Topliss-reactive ketones (excluding diaryl/α,β-unsaturated/α-hetero) is 1. The van der Waals surface area contributed by atoms with Gasteiger partial charge in [0.05, 0.1) is 18.3 Å². The zero-order chi connectivity index (χ0) is 24.3. The van der Waals surface area contributed by atoms with Gasteiger partial charge in [-0.1, -0.05) is 48.0 Å². The molecule has 4 nitrogen and oxygen atoms in total. The first-order valence-electron chi connectivity index (χ1n) is 14.0. The Morgan fingerprint density at radius 3 is 2.21 bits per heavy atom. The topological polar surface area (TPSA) is 77.8 Å². The summed E-state index contributed by atoms with van der Waals surface area (Å²) in [7, 11) is 0. The van der Waals surface area contributed by atoms with E-state index in [1.54, 1.807) is 0 Å². The van der Waals surface area contributed by atoms with Crippen LogP contribution in [0, 0.1) is 58.2 Å². The van der Waals surface area contributed by atoms with Crippen molar-refractivity contribution >= 4 is 5.78 Å². The molecule has 3 N–H and O–H groups in total. The van der Waals surface area contributed by atoms with Gasteiger partial charge in [0.2, 0.25) is 0 Å². The lowest BCUT2D eigenvalue weighted by Gasteiger charge is -2.60. The Morgan fingerprint density at radius 2 is 1.58 bits per heavy atom. The molecule has 4 aliphatic rings. The number of ketones is 1. The molecule has 0 saturated heterocycles. The Labute approximate surface area is 201 Å². The third-order valence-electron chi connectivity index (χ3n) is 11.8. The van der Waals surface area contributed by atoms with E-state index in [9.17, 15) is 20.1 Å². The fourth-order valence-corrected chi connectivity index (χ4v) is 9.83. The van der Waals surface area contributed by atoms with Crippen LogP contribution in [0.3, 0.4) is 0 Å². The Kier molecular flexibility index (Phi) is 7.15. The standard InChI is InChI=1S/C29H50O4/c1-7-19(16(2)3)27(33)26(32)17(4)21-8-9-22-20-15-25(31)24-14-18(30)10-12-29(24,6)23(20)11-13-28(21,22)5/h16-24,26-27,30,32-33H,7-15H2,1-6H3/t17-,18+,19-,20-,21+,22-,23-,24?,26+,27+,28+,29+/m0/s1. The zero-order valence-corrected chi connectivity index (χ0v) is 22.0. The highest BCUT2D eigenvalue weighted by atomic mass is 16.3. The molecule has 4 heteroatoms. The zero-order valence-electron chi connectivity index (χ0n) is 22.0. The Morgan fingerprint density at radius 1 is 0.939 bits per heavy atom. The van der Waals surface area contributed by atoms with Gasteiger partial charge in [0.15, 0.2) is 0 Å². The number of rotatable bonds is 6. The van der Waals surface area contributed by atoms with Gasteiger partial charge < -0.3 is 15.3 Å². The van der Waals surface area contributed by atoms with Crippen LogP contribution in [0.4, 0.5) is 0 Å². The molecule has 0 aliphatic heterocycles. The van der Waals surface area contributed by atoms with Gasteiger partial charge in [-0.05, 0) is 97.2 Å². The Hall–Kier alpha value is -0.450. The van der Waals surface area contributed by atoms with Gasteiger partial charge in [-0.25, -0.2) is 0 Å². The second-order valence-electron chi connectivity index (χ2n) is 13.4. The summed E-state index contributed by atoms with van der Waals surface area (Å²) < 4.78 is 0. The van der Waals surface area contributed by atoms with Crippen LogP contribution in [0.1, 0.15) is 99.3 Å². The highest BCUT2D eigenvalue weighted by molar-refractivity contribution is 5.83. The van der Waals surface area contributed by atoms with Gasteiger partial charge in [0, 0.05) is 12.3 Å². The molecule has 0 bridgehead atoms. The van der Waals surface area contributed by atoms with Crippen LogP contribution in [-0.4, -0.2) is 39.4 Å². The van der Waals surface area contributed by atoms with Crippen molar-refractivity contribution in [3.05, 3.63) is 0 Å². The van der Waals surface area contributed by atoms with Crippen LogP contribution in [-0.2, 0) is 4.79 Å². The largest absolute Gasteiger partial charge is 0.393 e. The van der Waals surface area contributed by atoms with Gasteiger partial charge in [-0.15, -0.1) is 0 Å². The van der Waals surface area contributed by atoms with Crippen molar-refractivity contribution in [2.45, 2.75) is 118 Å². The maximum absolute atomic E-state index is 13.3. The summed E-state index contributed by atoms with van der Waals surface area (Å²) in [4.78, 5) is 13.3. The van der Waals surface area contributed by atoms with Gasteiger partial charge in [0.25, 0.3) is 0 Å². The molecule has 4 saturated carbocycles. The van der Waals surface area contributed by atoms with Crippen molar-refractivity contribution in [3.63, 3.8) is 0 Å². The van der Waals surface area contributed by atoms with E-state index in [0.29, 0.717) is 48.2 Å². The summed E-state index contributed by atoms with van der Waals surface area (Å²) in [6.45, 7) is 13.3. The number of aliphatic hydroxyl groups excluding tert-OH is 3. The summed E-state index contributed by atoms with van der Waals surface area (Å²) in [5.74, 6) is 2.94. The van der Waals surface area contributed by atoms with E-state index in [4.69, 9.17) is 0 Å². The number of carbonyl (C=O) groups is 1. The highest BCUT2D eigenvalue weighted by Gasteiger charge is 2.63. The van der Waals surface area contributed by atoms with Crippen molar-refractivity contribution in [2.24, 2.45) is 58.2 Å². The van der Waals surface area contributed by atoms with E-state index in [2.05, 4.69) is 41.5 Å². The van der Waals surface area contributed by atoms with Crippen molar-refractivity contribution in [1.29, 1.82) is 0 Å². The quantitative estimate of drug-likeness (QED) is 0.505. The van der Waals surface area contributed by atoms with Gasteiger partial charge >= 0.3 is 0 Å². The predicted octanol–water partition coefficient (Wildman–Crippen LogP) is 5.23. The van der Waals surface area contributed by atoms with Crippen LogP contribution in [0.2, 0.25) is 0 Å². The second-order valence-corrected chi connectivity index (χ2v) is 13.4. The monoisotopic (exact) mass is 462 g/mol. The number of fused-ring (bicyclic) bond motifs is 5. The Balaban J connectivity index is 1.54. The lowest BCUT2D eigenvalue weighted by atomic mass is 9.44. The first kappa shape index (κ1) is 25.6. The van der Waals surface area contributed by atoms with Crippen molar-refractivity contribution in [3.8, 4) is 0 Å². The molecule has 0 spiro atoms. The minimum atomic E-state index is -0.689. The molecular formula is C29H50O4. The van der Waals surface area contributed by atoms with Crippen molar-refractivity contribution in [1.82, 2.24) is 0 Å². The molecule has 0 heterocycles. The minimum Gasteiger partial charge on any atom is -0.393 e. The molecule has 0 aromatic rings. The lowest BCUT2D eigenvalue weighted by molar-refractivity contribution is -0.161. The average molecular weight is 463 g/mol. The predicted molar refractivity (Wildman–Crippen MR) is 131 cm³/mol. The number of hydrogen-bond acceptors (Lipinski definition) is 4. The van der Waals surface area contributed by atoms with Gasteiger partial charge in [0.1, 0.15) is 5.78 Å². The first-order valence-corrected chi connectivity index (χ1v) is 14.0. The van der Waals surface area contributed by atoms with Gasteiger partial charge in [-0.2, -0.15) is 0 Å². The summed E-state index contributed by atoms with van der Waals surface area (Å²) >= 11 is 0. The summed E-state index contributed by atoms with van der Waals surface area (Å²) in [5, 5.41) is 32.6. The van der Waals surface area contributed by atoms with Crippen LogP contribution >= 0.6 is 0 Å². The average Bonchev–Trinajstić information content (AvgIpc) is 3.11. The summed E-state index contributed by atoms with van der Waals surface area (Å²) in [6, 6.07) is 0. The molecule has 0 radical (unpaired) electrons. The maximum Gasteiger partial charge on any atom is 0.136 e. The molecule has 1 unspecified atom stereocenters. The minimum absolute atomic E-state index is 0.0435. The SMILES string of the molecule is CC[C@@H](C(C)C)[C@@H](O)[C@H](O)[C@@H](C)[C@H]1CC[C@H]2[C@@H]3CC(=O)C4C[C@H](O)CC[C@]4(C)[C@H]3CC[C@]12C. The molecule has 4 fully saturated rings. The number of aliphatic hydroxyl groups is 3. The third kappa shape index (κ3) is 4.04. The summed E-state index contributed by atoms with van der Waals surface area (Å²) in [6.07, 6.45) is 6.96. The fraction of sp³-hybridized carbons (Fsp3) is 0.966. The molecule has 12 atom stereocenters. The smallest absolute Gasteiger partial charge is 0.136 e. The van der Waals surface area contributed by atoms with Crippen molar-refractivity contribution in [2.75, 3.05) is 0 Å². The molecule has 4 rings (SSSR count). The molecule has 33 heavy (non-hydrogen) atoms. The second kappa shape index (κ2) is 9.21. The highest BCUT2D eigenvalue weighted by Crippen LogP contribution is 2.67. The molecule has 0 aromatic heterocycles. The normalized spacial score (nSPS) is 46.8. The molecular weight excluding hydrogens is 412 g/mol. The maximum atomic E-state index is 13.3. The van der Waals surface area contributed by atoms with Gasteiger partial charge in [-0.3, -0.25) is 4.79 Å². The van der Waals surface area contributed by atoms with Crippen LogP contribution in [0.25, 0.3) is 0 Å².